The van der Waals surface area contributed by atoms with Crippen LogP contribution >= 0.6 is 12.2 Å². The zero-order chi connectivity index (χ0) is 18.1. The molecule has 0 fully saturated rings. The molecule has 0 aliphatic carbocycles. The molecule has 2 aromatic rings. The van der Waals surface area contributed by atoms with E-state index in [9.17, 15) is 0 Å². The van der Waals surface area contributed by atoms with Crippen molar-refractivity contribution in [1.82, 2.24) is 5.43 Å². The highest BCUT2D eigenvalue weighted by Crippen LogP contribution is 2.27. The van der Waals surface area contributed by atoms with Gasteiger partial charge in [0.05, 0.1) is 27.0 Å². The Kier molecular flexibility index (Phi) is 7.03. The summed E-state index contributed by atoms with van der Waals surface area (Å²) < 4.78 is 16.0. The van der Waals surface area contributed by atoms with Crippen LogP contribution < -0.4 is 25.0 Å². The predicted octanol–water partition coefficient (Wildman–Crippen LogP) is 3.42. The number of hydrogen-bond donors (Lipinski definition) is 2. The topological polar surface area (TPSA) is 64.1 Å². The van der Waals surface area contributed by atoms with Crippen LogP contribution in [0.1, 0.15) is 12.5 Å². The monoisotopic (exact) mass is 359 g/mol. The van der Waals surface area contributed by atoms with Gasteiger partial charge in [-0.15, -0.1) is 0 Å². The summed E-state index contributed by atoms with van der Waals surface area (Å²) >= 11 is 5.21. The van der Waals surface area contributed by atoms with Crippen molar-refractivity contribution < 1.29 is 14.2 Å². The summed E-state index contributed by atoms with van der Waals surface area (Å²) in [7, 11) is 3.22. The van der Waals surface area contributed by atoms with Crippen LogP contribution in [0.2, 0.25) is 0 Å². The van der Waals surface area contributed by atoms with Crippen molar-refractivity contribution in [3.05, 3.63) is 48.0 Å². The third-order valence-electron chi connectivity index (χ3n) is 3.19. The van der Waals surface area contributed by atoms with Crippen molar-refractivity contribution in [3.63, 3.8) is 0 Å². The number of nitrogens with one attached hydrogen (secondary N) is 2. The minimum absolute atomic E-state index is 0.377. The first-order chi connectivity index (χ1) is 12.2. The fourth-order valence-electron chi connectivity index (χ4n) is 2.06. The standard InChI is InChI=1S/C18H21N3O3S/c1-4-24-16-9-8-13(10-17(16)23-3)12-19-21-18(25)20-14-6-5-7-15(11-14)22-2/h5-12H,4H2,1-3H3,(H2,20,21,25)/b19-12-. The van der Waals surface area contributed by atoms with Gasteiger partial charge in [-0.2, -0.15) is 5.10 Å². The van der Waals surface area contributed by atoms with Crippen LogP contribution in [0, 0.1) is 0 Å². The van der Waals surface area contributed by atoms with Gasteiger partial charge in [0.2, 0.25) is 0 Å². The van der Waals surface area contributed by atoms with Gasteiger partial charge in [0.15, 0.2) is 16.6 Å². The normalized spacial score (nSPS) is 10.4. The van der Waals surface area contributed by atoms with E-state index in [1.54, 1.807) is 20.4 Å². The molecule has 0 spiro atoms. The summed E-state index contributed by atoms with van der Waals surface area (Å²) in [6.45, 7) is 2.50. The molecule has 132 valence electrons. The SMILES string of the molecule is CCOc1ccc(/C=N\NC(=S)Nc2cccc(OC)c2)cc1OC. The van der Waals surface area contributed by atoms with Crippen LogP contribution in [-0.4, -0.2) is 32.2 Å². The Morgan fingerprint density at radius 1 is 1.12 bits per heavy atom. The molecule has 6 nitrogen and oxygen atoms in total. The number of ether oxygens (including phenoxy) is 3. The lowest BCUT2D eigenvalue weighted by atomic mass is 10.2. The number of thiocarbonyl (C=S) groups is 1. The maximum atomic E-state index is 5.48. The number of hydrazone groups is 1. The molecule has 0 amide bonds. The number of methoxy groups -OCH3 is 2. The van der Waals surface area contributed by atoms with Crippen LogP contribution in [-0.2, 0) is 0 Å². The molecule has 0 bridgehead atoms. The van der Waals surface area contributed by atoms with Crippen LogP contribution in [0.4, 0.5) is 5.69 Å². The fourth-order valence-corrected chi connectivity index (χ4v) is 2.24. The van der Waals surface area contributed by atoms with Crippen molar-refractivity contribution in [1.29, 1.82) is 0 Å². The number of nitrogens with zero attached hydrogens (tertiary/aromatic N) is 1. The molecule has 0 aromatic heterocycles. The van der Waals surface area contributed by atoms with E-state index in [0.29, 0.717) is 23.2 Å². The predicted molar refractivity (Wildman–Crippen MR) is 104 cm³/mol. The van der Waals surface area contributed by atoms with Crippen LogP contribution in [0.15, 0.2) is 47.6 Å². The molecule has 2 aromatic carbocycles. The Morgan fingerprint density at radius 3 is 2.68 bits per heavy atom. The van der Waals surface area contributed by atoms with E-state index in [0.717, 1.165) is 17.0 Å². The summed E-state index contributed by atoms with van der Waals surface area (Å²) in [6.07, 6.45) is 1.65. The zero-order valence-electron chi connectivity index (χ0n) is 14.4. The molecular formula is C18H21N3O3S. The summed E-state index contributed by atoms with van der Waals surface area (Å²) in [5, 5.41) is 7.54. The number of hydrogen-bond acceptors (Lipinski definition) is 5. The second kappa shape index (κ2) is 9.48. The molecule has 0 saturated heterocycles. The Morgan fingerprint density at radius 2 is 1.96 bits per heavy atom. The summed E-state index contributed by atoms with van der Waals surface area (Å²) in [6, 6.07) is 13.0. The van der Waals surface area contributed by atoms with Crippen molar-refractivity contribution in [2.75, 3.05) is 26.1 Å². The van der Waals surface area contributed by atoms with E-state index < -0.39 is 0 Å². The van der Waals surface area contributed by atoms with E-state index in [-0.39, 0.29) is 0 Å². The van der Waals surface area contributed by atoms with E-state index >= 15 is 0 Å². The third kappa shape index (κ3) is 5.65. The Hall–Kier alpha value is -2.80. The Bertz CT molecular complexity index is 750. The van der Waals surface area contributed by atoms with Gasteiger partial charge in [0, 0.05) is 11.8 Å². The Labute approximate surface area is 152 Å². The molecular weight excluding hydrogens is 338 g/mol. The first kappa shape index (κ1) is 18.5. The Balaban J connectivity index is 1.94. The lowest BCUT2D eigenvalue weighted by Gasteiger charge is -2.10. The number of anilines is 1. The van der Waals surface area contributed by atoms with Gasteiger partial charge in [0.25, 0.3) is 0 Å². The number of benzene rings is 2. The average Bonchev–Trinajstić information content (AvgIpc) is 2.63. The molecule has 0 unspecified atom stereocenters. The average molecular weight is 359 g/mol. The molecule has 0 heterocycles. The molecule has 0 aliphatic heterocycles. The highest BCUT2D eigenvalue weighted by atomic mass is 32.1. The van der Waals surface area contributed by atoms with Gasteiger partial charge < -0.3 is 19.5 Å². The van der Waals surface area contributed by atoms with Crippen molar-refractivity contribution >= 4 is 29.2 Å². The van der Waals surface area contributed by atoms with Crippen molar-refractivity contribution in [3.8, 4) is 17.2 Å². The van der Waals surface area contributed by atoms with Gasteiger partial charge in [-0.3, -0.25) is 5.43 Å². The lowest BCUT2D eigenvalue weighted by Crippen LogP contribution is -2.23. The molecule has 2 N–H and O–H groups in total. The van der Waals surface area contributed by atoms with Crippen molar-refractivity contribution in [2.24, 2.45) is 5.10 Å². The second-order valence-corrected chi connectivity index (χ2v) is 5.31. The van der Waals surface area contributed by atoms with Crippen LogP contribution in [0.3, 0.4) is 0 Å². The molecule has 0 saturated carbocycles. The summed E-state index contributed by atoms with van der Waals surface area (Å²) in [4.78, 5) is 0. The van der Waals surface area contributed by atoms with E-state index in [2.05, 4.69) is 15.8 Å². The first-order valence-corrected chi connectivity index (χ1v) is 8.12. The molecule has 0 aliphatic rings. The quantitative estimate of drug-likeness (QED) is 0.449. The van der Waals surface area contributed by atoms with E-state index in [4.69, 9.17) is 26.4 Å². The molecule has 2 rings (SSSR count). The number of rotatable bonds is 7. The summed E-state index contributed by atoms with van der Waals surface area (Å²) in [5.41, 5.74) is 4.44. The van der Waals surface area contributed by atoms with Crippen LogP contribution in [0.25, 0.3) is 0 Å². The first-order valence-electron chi connectivity index (χ1n) is 7.71. The van der Waals surface area contributed by atoms with E-state index in [1.165, 1.54) is 0 Å². The van der Waals surface area contributed by atoms with E-state index in [1.807, 2.05) is 49.4 Å². The highest BCUT2D eigenvalue weighted by Gasteiger charge is 2.04. The molecule has 7 heteroatoms. The van der Waals surface area contributed by atoms with Gasteiger partial charge >= 0.3 is 0 Å². The maximum Gasteiger partial charge on any atom is 0.191 e. The minimum Gasteiger partial charge on any atom is -0.497 e. The van der Waals surface area contributed by atoms with Gasteiger partial charge in [0.1, 0.15) is 5.75 Å². The van der Waals surface area contributed by atoms with Crippen LogP contribution in [0.5, 0.6) is 17.2 Å². The summed E-state index contributed by atoms with van der Waals surface area (Å²) in [5.74, 6) is 2.10. The maximum absolute atomic E-state index is 5.48. The zero-order valence-corrected chi connectivity index (χ0v) is 15.2. The van der Waals surface area contributed by atoms with Gasteiger partial charge in [-0.1, -0.05) is 6.07 Å². The largest absolute Gasteiger partial charge is 0.497 e. The molecule has 0 radical (unpaired) electrons. The highest BCUT2D eigenvalue weighted by molar-refractivity contribution is 7.80. The fraction of sp³-hybridized carbons (Fsp3) is 0.222. The van der Waals surface area contributed by atoms with Gasteiger partial charge in [-0.25, -0.2) is 0 Å². The molecule has 0 atom stereocenters. The van der Waals surface area contributed by atoms with Crippen molar-refractivity contribution in [2.45, 2.75) is 6.92 Å². The lowest BCUT2D eigenvalue weighted by molar-refractivity contribution is 0.311. The third-order valence-corrected chi connectivity index (χ3v) is 3.39. The molecule has 25 heavy (non-hydrogen) atoms. The van der Waals surface area contributed by atoms with Gasteiger partial charge in [-0.05, 0) is 55.0 Å². The minimum atomic E-state index is 0.377. The smallest absolute Gasteiger partial charge is 0.191 e. The second-order valence-electron chi connectivity index (χ2n) is 4.90.